The van der Waals surface area contributed by atoms with Crippen LogP contribution in [0.1, 0.15) is 5.56 Å². The number of halogens is 2. The number of nitrogens with one attached hydrogen (secondary N) is 1. The van der Waals surface area contributed by atoms with Crippen molar-refractivity contribution in [3.8, 4) is 11.8 Å². The number of hydrogen-bond donors (Lipinski definition) is 1. The van der Waals surface area contributed by atoms with Crippen molar-refractivity contribution in [2.24, 2.45) is 5.10 Å². The number of carbonyl (C=O) groups is 1. The van der Waals surface area contributed by atoms with E-state index in [2.05, 4.69) is 48.5 Å². The van der Waals surface area contributed by atoms with E-state index in [0.29, 0.717) is 5.75 Å². The molecule has 0 aliphatic carbocycles. The van der Waals surface area contributed by atoms with Crippen LogP contribution in [-0.2, 0) is 11.3 Å². The summed E-state index contributed by atoms with van der Waals surface area (Å²) in [7, 11) is 0. The Hall–Kier alpha value is -2.63. The minimum atomic E-state index is -0.373. The third-order valence-electron chi connectivity index (χ3n) is 3.71. The van der Waals surface area contributed by atoms with Crippen LogP contribution >= 0.6 is 31.9 Å². The number of nitriles is 1. The van der Waals surface area contributed by atoms with E-state index in [1.165, 1.54) is 0 Å². The van der Waals surface area contributed by atoms with Crippen molar-refractivity contribution in [2.75, 3.05) is 6.61 Å². The molecule has 1 aromatic heterocycles. The highest BCUT2D eigenvalue weighted by molar-refractivity contribution is 9.11. The summed E-state index contributed by atoms with van der Waals surface area (Å²) in [5.41, 5.74) is 4.20. The van der Waals surface area contributed by atoms with Crippen molar-refractivity contribution in [2.45, 2.75) is 6.54 Å². The maximum atomic E-state index is 11.9. The van der Waals surface area contributed by atoms with Gasteiger partial charge in [-0.15, -0.1) is 0 Å². The number of fused-ring (bicyclic) bond motifs is 1. The molecule has 3 rings (SSSR count). The molecule has 0 aliphatic heterocycles. The lowest BCUT2D eigenvalue weighted by atomic mass is 10.2. The van der Waals surface area contributed by atoms with E-state index in [-0.39, 0.29) is 19.1 Å². The molecule has 1 heterocycles. The van der Waals surface area contributed by atoms with Gasteiger partial charge in [0.05, 0.1) is 16.8 Å². The lowest BCUT2D eigenvalue weighted by molar-refractivity contribution is -0.123. The monoisotopic (exact) mass is 488 g/mol. The van der Waals surface area contributed by atoms with Crippen molar-refractivity contribution < 1.29 is 9.53 Å². The maximum absolute atomic E-state index is 11.9. The molecule has 0 unspecified atom stereocenters. The quantitative estimate of drug-likeness (QED) is 0.416. The summed E-state index contributed by atoms with van der Waals surface area (Å²) in [6.45, 7) is 0.0877. The van der Waals surface area contributed by atoms with E-state index in [0.717, 1.165) is 25.4 Å². The smallest absolute Gasteiger partial charge is 0.277 e. The number of rotatable bonds is 6. The van der Waals surface area contributed by atoms with Gasteiger partial charge in [-0.1, -0.05) is 34.1 Å². The largest absolute Gasteiger partial charge is 0.483 e. The number of aromatic nitrogens is 1. The summed E-state index contributed by atoms with van der Waals surface area (Å²) >= 11 is 6.73. The Balaban J connectivity index is 1.63. The molecule has 2 aromatic carbocycles. The fourth-order valence-corrected chi connectivity index (χ4v) is 3.69. The van der Waals surface area contributed by atoms with Crippen molar-refractivity contribution >= 4 is 54.9 Å². The zero-order valence-corrected chi connectivity index (χ0v) is 17.2. The Bertz CT molecular complexity index is 1050. The predicted octanol–water partition coefficient (Wildman–Crippen LogP) is 4.22. The molecule has 3 aromatic rings. The Morgan fingerprint density at radius 2 is 2.11 bits per heavy atom. The van der Waals surface area contributed by atoms with Crippen molar-refractivity contribution in [3.63, 3.8) is 0 Å². The Kier molecular flexibility index (Phi) is 6.27. The molecular weight excluding hydrogens is 476 g/mol. The molecule has 0 atom stereocenters. The van der Waals surface area contributed by atoms with Gasteiger partial charge in [-0.05, 0) is 40.2 Å². The van der Waals surface area contributed by atoms with Crippen LogP contribution in [0, 0.1) is 11.3 Å². The van der Waals surface area contributed by atoms with E-state index in [9.17, 15) is 4.79 Å². The summed E-state index contributed by atoms with van der Waals surface area (Å²) < 4.78 is 8.97. The van der Waals surface area contributed by atoms with Gasteiger partial charge in [0.15, 0.2) is 6.61 Å². The molecule has 136 valence electrons. The molecule has 0 aliphatic rings. The number of nitrogens with zero attached hydrogens (tertiary/aromatic N) is 3. The molecule has 0 saturated carbocycles. The van der Waals surface area contributed by atoms with Crippen LogP contribution in [-0.4, -0.2) is 23.3 Å². The number of para-hydroxylation sites is 1. The lowest BCUT2D eigenvalue weighted by Crippen LogP contribution is -2.24. The minimum Gasteiger partial charge on any atom is -0.483 e. The van der Waals surface area contributed by atoms with Gasteiger partial charge in [-0.2, -0.15) is 10.4 Å². The first-order chi connectivity index (χ1) is 13.1. The Labute approximate surface area is 172 Å². The summed E-state index contributed by atoms with van der Waals surface area (Å²) in [5.74, 6) is 0.193. The summed E-state index contributed by atoms with van der Waals surface area (Å²) in [6, 6.07) is 15.3. The van der Waals surface area contributed by atoms with Crippen LogP contribution in [0.15, 0.2) is 62.7 Å². The van der Waals surface area contributed by atoms with Crippen molar-refractivity contribution in [1.82, 2.24) is 9.99 Å². The molecule has 1 amide bonds. The van der Waals surface area contributed by atoms with Crippen LogP contribution in [0.2, 0.25) is 0 Å². The Morgan fingerprint density at radius 1 is 1.30 bits per heavy atom. The molecule has 1 N–H and O–H groups in total. The number of carbonyl (C=O) groups excluding carboxylic acids is 1. The van der Waals surface area contributed by atoms with Crippen LogP contribution in [0.5, 0.6) is 5.75 Å². The van der Waals surface area contributed by atoms with Gasteiger partial charge in [-0.25, -0.2) is 5.43 Å². The highest BCUT2D eigenvalue weighted by Gasteiger charge is 2.07. The van der Waals surface area contributed by atoms with Crippen LogP contribution in [0.3, 0.4) is 0 Å². The van der Waals surface area contributed by atoms with Gasteiger partial charge in [-0.3, -0.25) is 4.79 Å². The number of benzene rings is 2. The van der Waals surface area contributed by atoms with E-state index in [1.807, 2.05) is 47.2 Å². The van der Waals surface area contributed by atoms with E-state index < -0.39 is 0 Å². The average molecular weight is 490 g/mol. The van der Waals surface area contributed by atoms with E-state index >= 15 is 0 Å². The second-order valence-electron chi connectivity index (χ2n) is 5.54. The first-order valence-electron chi connectivity index (χ1n) is 7.93. The van der Waals surface area contributed by atoms with Crippen LogP contribution in [0.4, 0.5) is 0 Å². The average Bonchev–Trinajstić information content (AvgIpc) is 2.99. The maximum Gasteiger partial charge on any atom is 0.277 e. The van der Waals surface area contributed by atoms with Gasteiger partial charge in [0.1, 0.15) is 12.3 Å². The van der Waals surface area contributed by atoms with Crippen molar-refractivity contribution in [3.05, 3.63) is 63.2 Å². The summed E-state index contributed by atoms with van der Waals surface area (Å²) in [6.07, 6.45) is 3.39. The van der Waals surface area contributed by atoms with E-state index in [4.69, 9.17) is 10.00 Å². The third kappa shape index (κ3) is 4.76. The first kappa shape index (κ1) is 19.1. The zero-order valence-electron chi connectivity index (χ0n) is 14.0. The molecule has 0 spiro atoms. The standard InChI is InChI=1S/C19H14Br2N4O2/c20-14-5-6-18(16(21)9-14)27-12-19(26)24-23-10-13-11-25(8-7-22)17-4-2-1-3-15(13)17/h1-6,9-11H,8,12H2,(H,24,26)/b23-10+. The van der Waals surface area contributed by atoms with Gasteiger partial charge < -0.3 is 9.30 Å². The number of hydrazone groups is 1. The van der Waals surface area contributed by atoms with Crippen molar-refractivity contribution in [1.29, 1.82) is 5.26 Å². The fourth-order valence-electron chi connectivity index (χ4n) is 2.53. The molecule has 27 heavy (non-hydrogen) atoms. The fraction of sp³-hybridized carbons (Fsp3) is 0.105. The molecule has 0 bridgehead atoms. The highest BCUT2D eigenvalue weighted by atomic mass is 79.9. The third-order valence-corrected chi connectivity index (χ3v) is 4.82. The molecule has 0 fully saturated rings. The normalized spacial score (nSPS) is 10.9. The summed E-state index contributed by atoms with van der Waals surface area (Å²) in [5, 5.41) is 13.9. The Morgan fingerprint density at radius 3 is 2.89 bits per heavy atom. The summed E-state index contributed by atoms with van der Waals surface area (Å²) in [4.78, 5) is 11.9. The second kappa shape index (κ2) is 8.84. The number of ether oxygens (including phenoxy) is 1. The zero-order chi connectivity index (χ0) is 19.2. The van der Waals surface area contributed by atoms with Crippen LogP contribution in [0.25, 0.3) is 10.9 Å². The number of amides is 1. The van der Waals surface area contributed by atoms with Gasteiger partial charge >= 0.3 is 0 Å². The van der Waals surface area contributed by atoms with Gasteiger partial charge in [0.25, 0.3) is 5.91 Å². The SMILES string of the molecule is N#CCn1cc(/C=N/NC(=O)COc2ccc(Br)cc2Br)c2ccccc21. The lowest BCUT2D eigenvalue weighted by Gasteiger charge is -2.07. The molecule has 0 saturated heterocycles. The highest BCUT2D eigenvalue weighted by Crippen LogP contribution is 2.28. The first-order valence-corrected chi connectivity index (χ1v) is 9.51. The van der Waals surface area contributed by atoms with Gasteiger partial charge in [0.2, 0.25) is 0 Å². The molecule has 6 nitrogen and oxygen atoms in total. The molecule has 8 heteroatoms. The number of hydrogen-bond acceptors (Lipinski definition) is 4. The second-order valence-corrected chi connectivity index (χ2v) is 7.31. The topological polar surface area (TPSA) is 79.4 Å². The predicted molar refractivity (Wildman–Crippen MR) is 111 cm³/mol. The molecular formula is C19H14Br2N4O2. The molecule has 0 radical (unpaired) electrons. The van der Waals surface area contributed by atoms with Gasteiger partial charge in [0, 0.05) is 27.1 Å². The minimum absolute atomic E-state index is 0.159. The van der Waals surface area contributed by atoms with E-state index in [1.54, 1.807) is 12.3 Å². The van der Waals surface area contributed by atoms with Crippen LogP contribution < -0.4 is 10.2 Å².